The number of nitrogens with one attached hydrogen (secondary N) is 1. The molecule has 0 aliphatic rings. The molecule has 130 valence electrons. The first kappa shape index (κ1) is 18.0. The van der Waals surface area contributed by atoms with E-state index in [0.717, 1.165) is 15.6 Å². The molecular weight excluding hydrogens is 384 g/mol. The average Bonchev–Trinajstić information content (AvgIpc) is 2.95. The summed E-state index contributed by atoms with van der Waals surface area (Å²) in [6, 6.07) is 9.69. The molecule has 0 saturated carbocycles. The van der Waals surface area contributed by atoms with Crippen LogP contribution >= 0.6 is 34.5 Å². The number of hydrogen-bond donors (Lipinski definition) is 1. The third-order valence-electron chi connectivity index (χ3n) is 3.74. The number of rotatable bonds is 5. The molecule has 25 heavy (non-hydrogen) atoms. The van der Waals surface area contributed by atoms with Crippen molar-refractivity contribution in [3.8, 4) is 5.75 Å². The first-order chi connectivity index (χ1) is 12.0. The van der Waals surface area contributed by atoms with Gasteiger partial charge in [0.25, 0.3) is 5.91 Å². The van der Waals surface area contributed by atoms with Crippen LogP contribution in [0.5, 0.6) is 5.75 Å². The summed E-state index contributed by atoms with van der Waals surface area (Å²) in [6.45, 7) is 0.423. The number of carbonyl (C=O) groups excluding carboxylic acids is 1. The molecule has 1 heterocycles. The Kier molecular flexibility index (Phi) is 5.47. The second kappa shape index (κ2) is 7.60. The number of ether oxygens (including phenoxy) is 1. The van der Waals surface area contributed by atoms with Crippen LogP contribution in [0.15, 0.2) is 36.4 Å². The molecule has 1 aromatic heterocycles. The Morgan fingerprint density at radius 1 is 1.16 bits per heavy atom. The van der Waals surface area contributed by atoms with Crippen LogP contribution in [0.4, 0.5) is 4.39 Å². The number of benzene rings is 2. The summed E-state index contributed by atoms with van der Waals surface area (Å²) in [6.07, 6.45) is 0.600. The van der Waals surface area contributed by atoms with Gasteiger partial charge in [0.1, 0.15) is 21.5 Å². The fraction of sp³-hybridized carbons (Fsp3) is 0.167. The standard InChI is InChI=1S/C18H14Cl2FNO2S/c1-24-13-7-6-12-14(19)17(25-16(12)15(13)20)18(23)22-9-8-10-2-4-11(21)5-3-10/h2-7H,8-9H2,1H3,(H,22,23). The van der Waals surface area contributed by atoms with Crippen molar-refractivity contribution < 1.29 is 13.9 Å². The molecule has 0 aliphatic carbocycles. The van der Waals surface area contributed by atoms with Crippen LogP contribution in [0.2, 0.25) is 10.0 Å². The maximum atomic E-state index is 12.9. The molecule has 1 N–H and O–H groups in total. The van der Waals surface area contributed by atoms with E-state index < -0.39 is 0 Å². The van der Waals surface area contributed by atoms with Gasteiger partial charge in [-0.3, -0.25) is 4.79 Å². The Balaban J connectivity index is 1.74. The number of carbonyl (C=O) groups is 1. The maximum absolute atomic E-state index is 12.9. The van der Waals surface area contributed by atoms with Crippen LogP contribution < -0.4 is 10.1 Å². The molecule has 0 saturated heterocycles. The second-order valence-electron chi connectivity index (χ2n) is 5.34. The first-order valence-electron chi connectivity index (χ1n) is 7.48. The summed E-state index contributed by atoms with van der Waals surface area (Å²) < 4.78 is 18.8. The average molecular weight is 398 g/mol. The van der Waals surface area contributed by atoms with E-state index in [9.17, 15) is 9.18 Å². The van der Waals surface area contributed by atoms with E-state index in [4.69, 9.17) is 27.9 Å². The zero-order valence-corrected chi connectivity index (χ0v) is 15.6. The Morgan fingerprint density at radius 3 is 2.56 bits per heavy atom. The minimum Gasteiger partial charge on any atom is -0.495 e. The van der Waals surface area contributed by atoms with Crippen LogP contribution in [-0.4, -0.2) is 19.6 Å². The predicted octanol–water partition coefficient (Wildman–Crippen LogP) is 5.33. The fourth-order valence-electron chi connectivity index (χ4n) is 2.44. The Morgan fingerprint density at radius 2 is 1.88 bits per heavy atom. The smallest absolute Gasteiger partial charge is 0.262 e. The third-order valence-corrected chi connectivity index (χ3v) is 5.95. The minimum atomic E-state index is -0.280. The van der Waals surface area contributed by atoms with E-state index in [0.29, 0.717) is 33.6 Å². The van der Waals surface area contributed by atoms with Crippen molar-refractivity contribution in [3.05, 3.63) is 62.7 Å². The van der Waals surface area contributed by atoms with E-state index in [1.807, 2.05) is 0 Å². The van der Waals surface area contributed by atoms with Crippen molar-refractivity contribution in [2.45, 2.75) is 6.42 Å². The van der Waals surface area contributed by atoms with Gasteiger partial charge < -0.3 is 10.1 Å². The monoisotopic (exact) mass is 397 g/mol. The van der Waals surface area contributed by atoms with Gasteiger partial charge in [0.15, 0.2) is 0 Å². The summed E-state index contributed by atoms with van der Waals surface area (Å²) in [4.78, 5) is 12.8. The second-order valence-corrected chi connectivity index (χ2v) is 7.11. The highest BCUT2D eigenvalue weighted by molar-refractivity contribution is 7.22. The summed E-state index contributed by atoms with van der Waals surface area (Å²) in [5.74, 6) is -0.00385. The minimum absolute atomic E-state index is 0.261. The molecule has 0 atom stereocenters. The van der Waals surface area contributed by atoms with Gasteiger partial charge in [0, 0.05) is 11.9 Å². The maximum Gasteiger partial charge on any atom is 0.262 e. The van der Waals surface area contributed by atoms with Crippen molar-refractivity contribution in [3.63, 3.8) is 0 Å². The summed E-state index contributed by atoms with van der Waals surface area (Å²) in [5.41, 5.74) is 0.942. The number of thiophene rings is 1. The SMILES string of the molecule is COc1ccc2c(Cl)c(C(=O)NCCc3ccc(F)cc3)sc2c1Cl. The van der Waals surface area contributed by atoms with Crippen molar-refractivity contribution in [2.24, 2.45) is 0 Å². The van der Waals surface area contributed by atoms with Gasteiger partial charge >= 0.3 is 0 Å². The molecule has 0 bridgehead atoms. The lowest BCUT2D eigenvalue weighted by molar-refractivity contribution is 0.0958. The topological polar surface area (TPSA) is 38.3 Å². The normalized spacial score (nSPS) is 10.9. The lowest BCUT2D eigenvalue weighted by atomic mass is 10.1. The van der Waals surface area contributed by atoms with Crippen molar-refractivity contribution in [1.82, 2.24) is 5.32 Å². The van der Waals surface area contributed by atoms with E-state index in [2.05, 4.69) is 5.32 Å². The Bertz CT molecular complexity index is 925. The molecular formula is C18H14Cl2FNO2S. The molecule has 0 fully saturated rings. The first-order valence-corrected chi connectivity index (χ1v) is 9.05. The summed E-state index contributed by atoms with van der Waals surface area (Å²) in [7, 11) is 1.53. The van der Waals surface area contributed by atoms with Crippen LogP contribution in [-0.2, 0) is 6.42 Å². The van der Waals surface area contributed by atoms with Crippen LogP contribution in [0.25, 0.3) is 10.1 Å². The zero-order valence-electron chi connectivity index (χ0n) is 13.2. The Labute approximate surface area is 158 Å². The third kappa shape index (κ3) is 3.73. The van der Waals surface area contributed by atoms with Crippen LogP contribution in [0.3, 0.4) is 0 Å². The van der Waals surface area contributed by atoms with Crippen LogP contribution in [0, 0.1) is 5.82 Å². The molecule has 0 spiro atoms. The van der Waals surface area contributed by atoms with E-state index in [1.54, 1.807) is 24.3 Å². The number of hydrogen-bond acceptors (Lipinski definition) is 3. The number of amides is 1. The molecule has 1 amide bonds. The van der Waals surface area contributed by atoms with Crippen molar-refractivity contribution in [1.29, 1.82) is 0 Å². The quantitative estimate of drug-likeness (QED) is 0.631. The van der Waals surface area contributed by atoms with Crippen LogP contribution in [0.1, 0.15) is 15.2 Å². The summed E-state index contributed by atoms with van der Waals surface area (Å²) >= 11 is 13.9. The molecule has 3 nitrogen and oxygen atoms in total. The van der Waals surface area contributed by atoms with Gasteiger partial charge in [-0.15, -0.1) is 11.3 Å². The van der Waals surface area contributed by atoms with Gasteiger partial charge in [0.05, 0.1) is 16.8 Å². The van der Waals surface area contributed by atoms with Crippen molar-refractivity contribution in [2.75, 3.05) is 13.7 Å². The molecule has 2 aromatic carbocycles. The van der Waals surface area contributed by atoms with Gasteiger partial charge in [-0.1, -0.05) is 35.3 Å². The molecule has 0 aliphatic heterocycles. The van der Waals surface area contributed by atoms with Gasteiger partial charge in [-0.25, -0.2) is 4.39 Å². The van der Waals surface area contributed by atoms with Gasteiger partial charge in [-0.05, 0) is 36.2 Å². The van der Waals surface area contributed by atoms with E-state index >= 15 is 0 Å². The molecule has 7 heteroatoms. The highest BCUT2D eigenvalue weighted by Crippen LogP contribution is 2.42. The lowest BCUT2D eigenvalue weighted by Gasteiger charge is -2.04. The molecule has 0 radical (unpaired) electrons. The number of halogens is 3. The number of methoxy groups -OCH3 is 1. The van der Waals surface area contributed by atoms with E-state index in [-0.39, 0.29) is 11.7 Å². The largest absolute Gasteiger partial charge is 0.495 e. The van der Waals surface area contributed by atoms with Gasteiger partial charge in [-0.2, -0.15) is 0 Å². The Hall–Kier alpha value is -1.82. The molecule has 0 unspecified atom stereocenters. The lowest BCUT2D eigenvalue weighted by Crippen LogP contribution is -2.25. The van der Waals surface area contributed by atoms with E-state index in [1.165, 1.54) is 30.6 Å². The predicted molar refractivity (Wildman–Crippen MR) is 101 cm³/mol. The molecule has 3 rings (SSSR count). The highest BCUT2D eigenvalue weighted by atomic mass is 35.5. The van der Waals surface area contributed by atoms with Gasteiger partial charge in [0.2, 0.25) is 0 Å². The summed E-state index contributed by atoms with van der Waals surface area (Å²) in [5, 5.41) is 4.37. The zero-order chi connectivity index (χ0) is 18.0. The number of fused-ring (bicyclic) bond motifs is 1. The van der Waals surface area contributed by atoms with Crippen molar-refractivity contribution >= 4 is 50.5 Å². The highest BCUT2D eigenvalue weighted by Gasteiger charge is 2.20. The molecule has 3 aromatic rings. The fourth-order valence-corrected chi connectivity index (χ4v) is 4.25.